The Morgan fingerprint density at radius 1 is 0.864 bits per heavy atom. The van der Waals surface area contributed by atoms with Gasteiger partial charge in [-0.15, -0.1) is 11.8 Å². The first-order chi connectivity index (χ1) is 10.9. The van der Waals surface area contributed by atoms with Crippen molar-refractivity contribution in [3.8, 4) is 0 Å². The minimum Gasteiger partial charge on any atom is -0.333 e. The number of H-pyrrole nitrogens is 1. The summed E-state index contributed by atoms with van der Waals surface area (Å²) < 4.78 is 0. The number of hydrogen-bond donors (Lipinski definition) is 1. The van der Waals surface area contributed by atoms with Gasteiger partial charge in [-0.1, -0.05) is 36.4 Å². The average Bonchev–Trinajstić information content (AvgIpc) is 2.97. The molecule has 114 valence electrons. The molecule has 0 saturated heterocycles. The second kappa shape index (κ2) is 8.25. The van der Waals surface area contributed by atoms with Gasteiger partial charge < -0.3 is 4.98 Å². The van der Waals surface area contributed by atoms with Crippen molar-refractivity contribution < 1.29 is 0 Å². The Hall–Kier alpha value is -1.46. The molecular weight excluding hydrogens is 310 g/mol. The van der Waals surface area contributed by atoms with Gasteiger partial charge in [0, 0.05) is 11.9 Å². The first-order valence-corrected chi connectivity index (χ1v) is 9.50. The number of nitrogens with zero attached hydrogens (tertiary/aromatic N) is 2. The van der Waals surface area contributed by atoms with Crippen LogP contribution in [0.15, 0.2) is 58.8 Å². The summed E-state index contributed by atoms with van der Waals surface area (Å²) in [4.78, 5) is 12.3. The second-order valence-electron chi connectivity index (χ2n) is 4.98. The van der Waals surface area contributed by atoms with E-state index in [9.17, 15) is 0 Å². The van der Waals surface area contributed by atoms with Crippen molar-refractivity contribution in [3.63, 3.8) is 0 Å². The summed E-state index contributed by atoms with van der Waals surface area (Å²) in [6, 6.07) is 14.2. The molecule has 0 fully saturated rings. The molecule has 0 aliphatic heterocycles. The van der Waals surface area contributed by atoms with Crippen LogP contribution in [0.1, 0.15) is 19.3 Å². The van der Waals surface area contributed by atoms with Crippen molar-refractivity contribution in [2.75, 3.05) is 11.5 Å². The molecule has 0 aliphatic carbocycles. The first kappa shape index (κ1) is 15.4. The molecule has 0 bridgehead atoms. The van der Waals surface area contributed by atoms with E-state index in [2.05, 4.69) is 27.1 Å². The predicted molar refractivity (Wildman–Crippen MR) is 95.6 cm³/mol. The van der Waals surface area contributed by atoms with Gasteiger partial charge in [0.1, 0.15) is 0 Å². The van der Waals surface area contributed by atoms with Gasteiger partial charge >= 0.3 is 0 Å². The van der Waals surface area contributed by atoms with E-state index in [4.69, 9.17) is 0 Å². The molecule has 3 aromatic rings. The molecule has 1 aromatic carbocycles. The maximum Gasteiger partial charge on any atom is 0.166 e. The summed E-state index contributed by atoms with van der Waals surface area (Å²) >= 11 is 3.66. The molecule has 2 aromatic heterocycles. The van der Waals surface area contributed by atoms with Crippen LogP contribution in [0, 0.1) is 0 Å². The predicted octanol–water partition coefficient (Wildman–Crippen LogP) is 5.01. The summed E-state index contributed by atoms with van der Waals surface area (Å²) in [5, 5.41) is 2.16. The maximum atomic E-state index is 4.58. The zero-order valence-electron chi connectivity index (χ0n) is 12.4. The van der Waals surface area contributed by atoms with E-state index in [1.807, 2.05) is 60.1 Å². The van der Waals surface area contributed by atoms with E-state index < -0.39 is 0 Å². The zero-order valence-corrected chi connectivity index (χ0v) is 14.0. The standard InChI is InChI=1S/C17H19N3S2/c1(6-12-21-16-10-4-5-11-18-16)7-13-22-17-19-14-8-2-3-9-15(14)20-17/h2-5,8-11H,1,6-7,12-13H2,(H,19,20). The lowest BCUT2D eigenvalue weighted by atomic mass is 10.3. The van der Waals surface area contributed by atoms with Gasteiger partial charge in [-0.05, 0) is 42.9 Å². The monoisotopic (exact) mass is 329 g/mol. The molecule has 3 nitrogen and oxygen atoms in total. The van der Waals surface area contributed by atoms with Crippen LogP contribution in [0.3, 0.4) is 0 Å². The fourth-order valence-corrected chi connectivity index (χ4v) is 3.91. The number of thioether (sulfide) groups is 2. The van der Waals surface area contributed by atoms with Crippen LogP contribution in [0.4, 0.5) is 0 Å². The Labute approximate surface area is 139 Å². The normalized spacial score (nSPS) is 11.1. The Bertz CT molecular complexity index is 664. The van der Waals surface area contributed by atoms with Crippen LogP contribution in [0.2, 0.25) is 0 Å². The molecule has 5 heteroatoms. The third kappa shape index (κ3) is 4.52. The number of nitrogens with one attached hydrogen (secondary N) is 1. The van der Waals surface area contributed by atoms with Crippen molar-refractivity contribution in [1.29, 1.82) is 0 Å². The SMILES string of the molecule is c1ccc(SCCCCCSc2nc3ccccc3[nH]2)nc1. The van der Waals surface area contributed by atoms with Gasteiger partial charge in [-0.2, -0.15) is 0 Å². The average molecular weight is 329 g/mol. The van der Waals surface area contributed by atoms with E-state index in [-0.39, 0.29) is 0 Å². The molecule has 0 radical (unpaired) electrons. The lowest BCUT2D eigenvalue weighted by molar-refractivity contribution is 0.784. The molecule has 22 heavy (non-hydrogen) atoms. The van der Waals surface area contributed by atoms with Crippen molar-refractivity contribution in [2.45, 2.75) is 29.4 Å². The number of hydrogen-bond acceptors (Lipinski definition) is 4. The molecule has 3 rings (SSSR count). The summed E-state index contributed by atoms with van der Waals surface area (Å²) in [5.74, 6) is 2.26. The minimum atomic E-state index is 1.03. The molecular formula is C17H19N3S2. The van der Waals surface area contributed by atoms with Crippen LogP contribution >= 0.6 is 23.5 Å². The molecule has 2 heterocycles. The van der Waals surface area contributed by atoms with Crippen molar-refractivity contribution in [2.24, 2.45) is 0 Å². The van der Waals surface area contributed by atoms with Crippen LogP contribution < -0.4 is 0 Å². The quantitative estimate of drug-likeness (QED) is 0.466. The van der Waals surface area contributed by atoms with E-state index in [1.54, 1.807) is 0 Å². The van der Waals surface area contributed by atoms with E-state index in [1.165, 1.54) is 19.3 Å². The molecule has 0 saturated carbocycles. The van der Waals surface area contributed by atoms with Gasteiger partial charge in [0.05, 0.1) is 16.1 Å². The van der Waals surface area contributed by atoms with Crippen LogP contribution in [0.5, 0.6) is 0 Å². The number of pyridine rings is 1. The third-order valence-corrected chi connectivity index (χ3v) is 5.27. The number of aromatic nitrogens is 3. The van der Waals surface area contributed by atoms with E-state index >= 15 is 0 Å². The fraction of sp³-hybridized carbons (Fsp3) is 0.294. The summed E-state index contributed by atoms with van der Waals surface area (Å²) in [7, 11) is 0. The third-order valence-electron chi connectivity index (χ3n) is 3.28. The number of para-hydroxylation sites is 2. The lowest BCUT2D eigenvalue weighted by Gasteiger charge is -2.01. The first-order valence-electron chi connectivity index (χ1n) is 7.53. The molecule has 0 spiro atoms. The zero-order chi connectivity index (χ0) is 15.0. The van der Waals surface area contributed by atoms with Crippen LogP contribution in [-0.4, -0.2) is 26.5 Å². The van der Waals surface area contributed by atoms with Gasteiger partial charge in [0.2, 0.25) is 0 Å². The minimum absolute atomic E-state index is 1.03. The van der Waals surface area contributed by atoms with Crippen molar-refractivity contribution in [3.05, 3.63) is 48.7 Å². The second-order valence-corrected chi connectivity index (χ2v) is 7.18. The number of rotatable bonds is 8. The Balaban J connectivity index is 1.30. The Morgan fingerprint density at radius 2 is 1.68 bits per heavy atom. The number of imidazole rings is 1. The number of aromatic amines is 1. The summed E-state index contributed by atoms with van der Waals surface area (Å²) in [6.45, 7) is 0. The summed E-state index contributed by atoms with van der Waals surface area (Å²) in [5.41, 5.74) is 2.17. The van der Waals surface area contributed by atoms with Crippen LogP contribution in [0.25, 0.3) is 11.0 Å². The van der Waals surface area contributed by atoms with Crippen molar-refractivity contribution in [1.82, 2.24) is 15.0 Å². The molecule has 0 atom stereocenters. The molecule has 0 unspecified atom stereocenters. The van der Waals surface area contributed by atoms with Crippen molar-refractivity contribution >= 4 is 34.6 Å². The highest BCUT2D eigenvalue weighted by molar-refractivity contribution is 7.99. The maximum absolute atomic E-state index is 4.58. The smallest absolute Gasteiger partial charge is 0.166 e. The van der Waals surface area contributed by atoms with Crippen LogP contribution in [-0.2, 0) is 0 Å². The lowest BCUT2D eigenvalue weighted by Crippen LogP contribution is -1.86. The van der Waals surface area contributed by atoms with Gasteiger partial charge in [-0.25, -0.2) is 9.97 Å². The van der Waals surface area contributed by atoms with Gasteiger partial charge in [0.25, 0.3) is 0 Å². The fourth-order valence-electron chi connectivity index (χ4n) is 2.16. The molecule has 0 aliphatic rings. The van der Waals surface area contributed by atoms with E-state index in [0.29, 0.717) is 0 Å². The topological polar surface area (TPSA) is 41.6 Å². The summed E-state index contributed by atoms with van der Waals surface area (Å²) in [6.07, 6.45) is 5.58. The van der Waals surface area contributed by atoms with Gasteiger partial charge in [-0.3, -0.25) is 0 Å². The highest BCUT2D eigenvalue weighted by Gasteiger charge is 2.02. The van der Waals surface area contributed by atoms with E-state index in [0.717, 1.165) is 32.7 Å². The molecule has 1 N–H and O–H groups in total. The number of benzene rings is 1. The molecule has 0 amide bonds. The number of unbranched alkanes of at least 4 members (excludes halogenated alkanes) is 2. The van der Waals surface area contributed by atoms with Gasteiger partial charge in [0.15, 0.2) is 5.16 Å². The highest BCUT2D eigenvalue weighted by atomic mass is 32.2. The highest BCUT2D eigenvalue weighted by Crippen LogP contribution is 2.21. The number of fused-ring (bicyclic) bond motifs is 1. The Morgan fingerprint density at radius 3 is 2.50 bits per heavy atom. The largest absolute Gasteiger partial charge is 0.333 e. The Kier molecular flexibility index (Phi) is 5.79.